The molecule has 1 amide bonds. The predicted octanol–water partition coefficient (Wildman–Crippen LogP) is 2.96. The fourth-order valence-corrected chi connectivity index (χ4v) is 2.96. The first kappa shape index (κ1) is 17.0. The van der Waals surface area contributed by atoms with Crippen molar-refractivity contribution in [1.82, 2.24) is 4.90 Å². The van der Waals surface area contributed by atoms with E-state index in [1.165, 1.54) is 0 Å². The van der Waals surface area contributed by atoms with Crippen LogP contribution in [0.2, 0.25) is 0 Å². The van der Waals surface area contributed by atoms with Crippen LogP contribution >= 0.6 is 0 Å². The Bertz CT molecular complexity index is 753. The fraction of sp³-hybridized carbons (Fsp3) is 0.300. The van der Waals surface area contributed by atoms with E-state index in [0.717, 1.165) is 11.3 Å². The lowest BCUT2D eigenvalue weighted by atomic mass is 10.1. The van der Waals surface area contributed by atoms with Crippen molar-refractivity contribution in [3.8, 4) is 6.07 Å². The number of morpholine rings is 1. The maximum absolute atomic E-state index is 12.6. The smallest absolute Gasteiger partial charge is 0.242 e. The summed E-state index contributed by atoms with van der Waals surface area (Å²) >= 11 is 0. The number of nitrogens with one attached hydrogen (secondary N) is 1. The second-order valence-corrected chi connectivity index (χ2v) is 6.19. The third-order valence-corrected chi connectivity index (χ3v) is 4.24. The van der Waals surface area contributed by atoms with E-state index in [1.807, 2.05) is 42.2 Å². The number of carbonyl (C=O) groups excluding carboxylic acids is 1. The van der Waals surface area contributed by atoms with Gasteiger partial charge in [0.25, 0.3) is 0 Å². The van der Waals surface area contributed by atoms with Gasteiger partial charge in [-0.05, 0) is 36.8 Å². The summed E-state index contributed by atoms with van der Waals surface area (Å²) in [7, 11) is 0. The van der Waals surface area contributed by atoms with Crippen molar-refractivity contribution in [3.05, 3.63) is 65.7 Å². The summed E-state index contributed by atoms with van der Waals surface area (Å²) in [6, 6.07) is 19.1. The molecule has 0 spiro atoms. The number of ether oxygens (including phenoxy) is 1. The number of amides is 1. The van der Waals surface area contributed by atoms with Crippen LogP contribution in [0.3, 0.4) is 0 Å². The van der Waals surface area contributed by atoms with Crippen LogP contribution < -0.4 is 5.32 Å². The molecular formula is C20H21N3O2. The standard InChI is InChI=1S/C20H21N3O2/c1-15-13-23(14-19(25-15)17-5-3-2-4-6-17)20(24)12-22-18-9-7-16(11-21)8-10-18/h2-10,15,19,22H,12-14H2,1H3/t15-,19+/m1/s1. The Morgan fingerprint density at radius 1 is 1.20 bits per heavy atom. The van der Waals surface area contributed by atoms with E-state index in [-0.39, 0.29) is 24.7 Å². The lowest BCUT2D eigenvalue weighted by Crippen LogP contribution is -2.47. The molecule has 2 atom stereocenters. The van der Waals surface area contributed by atoms with Gasteiger partial charge in [0.1, 0.15) is 6.10 Å². The number of benzene rings is 2. The molecule has 1 heterocycles. The molecule has 0 aliphatic carbocycles. The minimum absolute atomic E-state index is 0.00202. The van der Waals surface area contributed by atoms with Gasteiger partial charge in [-0.25, -0.2) is 0 Å². The highest BCUT2D eigenvalue weighted by Crippen LogP contribution is 2.25. The summed E-state index contributed by atoms with van der Waals surface area (Å²) in [5.74, 6) is 0.0421. The van der Waals surface area contributed by atoms with Gasteiger partial charge in [-0.15, -0.1) is 0 Å². The number of rotatable bonds is 4. The molecule has 128 valence electrons. The maximum atomic E-state index is 12.6. The monoisotopic (exact) mass is 335 g/mol. The SMILES string of the molecule is C[C@@H]1CN(C(=O)CNc2ccc(C#N)cc2)C[C@@H](c2ccccc2)O1. The lowest BCUT2D eigenvalue weighted by Gasteiger charge is -2.37. The van der Waals surface area contributed by atoms with Crippen LogP contribution in [0.25, 0.3) is 0 Å². The first-order valence-electron chi connectivity index (χ1n) is 8.38. The van der Waals surface area contributed by atoms with Crippen LogP contribution in [0.4, 0.5) is 5.69 Å². The van der Waals surface area contributed by atoms with Crippen molar-refractivity contribution < 1.29 is 9.53 Å². The summed E-state index contributed by atoms with van der Waals surface area (Å²) in [4.78, 5) is 14.4. The van der Waals surface area contributed by atoms with Crippen molar-refractivity contribution in [1.29, 1.82) is 5.26 Å². The average molecular weight is 335 g/mol. The molecule has 0 saturated carbocycles. The first-order valence-corrected chi connectivity index (χ1v) is 8.38. The summed E-state index contributed by atoms with van der Waals surface area (Å²) in [6.07, 6.45) is -0.0957. The number of nitrogens with zero attached hydrogens (tertiary/aromatic N) is 2. The molecule has 1 aliphatic heterocycles. The van der Waals surface area contributed by atoms with Gasteiger partial charge in [-0.3, -0.25) is 4.79 Å². The Balaban J connectivity index is 1.60. The summed E-state index contributed by atoms with van der Waals surface area (Å²) in [5, 5.41) is 11.9. The average Bonchev–Trinajstić information content (AvgIpc) is 2.66. The van der Waals surface area contributed by atoms with Gasteiger partial charge in [-0.2, -0.15) is 5.26 Å². The Morgan fingerprint density at radius 3 is 2.60 bits per heavy atom. The minimum Gasteiger partial charge on any atom is -0.376 e. The van der Waals surface area contributed by atoms with Crippen LogP contribution in [0.1, 0.15) is 24.2 Å². The molecule has 0 unspecified atom stereocenters. The zero-order valence-electron chi connectivity index (χ0n) is 14.2. The molecule has 1 fully saturated rings. The number of anilines is 1. The van der Waals surface area contributed by atoms with Crippen LogP contribution in [0, 0.1) is 11.3 Å². The molecule has 5 heteroatoms. The third-order valence-electron chi connectivity index (χ3n) is 4.24. The largest absolute Gasteiger partial charge is 0.376 e. The van der Waals surface area contributed by atoms with Gasteiger partial charge < -0.3 is 15.0 Å². The van der Waals surface area contributed by atoms with E-state index in [9.17, 15) is 4.79 Å². The molecule has 1 saturated heterocycles. The van der Waals surface area contributed by atoms with Gasteiger partial charge in [-0.1, -0.05) is 30.3 Å². The molecular weight excluding hydrogens is 314 g/mol. The van der Waals surface area contributed by atoms with Crippen molar-refractivity contribution in [3.63, 3.8) is 0 Å². The van der Waals surface area contributed by atoms with E-state index >= 15 is 0 Å². The van der Waals surface area contributed by atoms with E-state index in [1.54, 1.807) is 24.3 Å². The molecule has 0 radical (unpaired) electrons. The number of carbonyl (C=O) groups is 1. The maximum Gasteiger partial charge on any atom is 0.242 e. The minimum atomic E-state index is -0.0937. The molecule has 1 aliphatic rings. The molecule has 0 bridgehead atoms. The second-order valence-electron chi connectivity index (χ2n) is 6.19. The highest BCUT2D eigenvalue weighted by Gasteiger charge is 2.29. The molecule has 2 aromatic rings. The summed E-state index contributed by atoms with van der Waals surface area (Å²) < 4.78 is 6.00. The Morgan fingerprint density at radius 2 is 1.92 bits per heavy atom. The van der Waals surface area contributed by atoms with Crippen LogP contribution in [-0.2, 0) is 9.53 Å². The Labute approximate surface area is 147 Å². The molecule has 3 rings (SSSR count). The Hall–Kier alpha value is -2.84. The van der Waals surface area contributed by atoms with Gasteiger partial charge in [0, 0.05) is 12.2 Å². The lowest BCUT2D eigenvalue weighted by molar-refractivity contribution is -0.143. The quantitative estimate of drug-likeness (QED) is 0.933. The zero-order chi connectivity index (χ0) is 17.6. The van der Waals surface area contributed by atoms with Gasteiger partial charge in [0.15, 0.2) is 0 Å². The number of hydrogen-bond donors (Lipinski definition) is 1. The van der Waals surface area contributed by atoms with Crippen molar-refractivity contribution >= 4 is 11.6 Å². The zero-order valence-corrected chi connectivity index (χ0v) is 14.2. The Kier molecular flexibility index (Phi) is 5.32. The van der Waals surface area contributed by atoms with E-state index in [0.29, 0.717) is 18.7 Å². The summed E-state index contributed by atoms with van der Waals surface area (Å²) in [6.45, 7) is 3.36. The molecule has 5 nitrogen and oxygen atoms in total. The predicted molar refractivity (Wildman–Crippen MR) is 96.0 cm³/mol. The van der Waals surface area contributed by atoms with Crippen LogP contribution in [-0.4, -0.2) is 36.5 Å². The van der Waals surface area contributed by atoms with E-state index in [4.69, 9.17) is 10.00 Å². The highest BCUT2D eigenvalue weighted by atomic mass is 16.5. The molecule has 1 N–H and O–H groups in total. The van der Waals surface area contributed by atoms with E-state index < -0.39 is 0 Å². The topological polar surface area (TPSA) is 65.4 Å². The van der Waals surface area contributed by atoms with Gasteiger partial charge >= 0.3 is 0 Å². The van der Waals surface area contributed by atoms with Crippen molar-refractivity contribution in [2.24, 2.45) is 0 Å². The van der Waals surface area contributed by atoms with Gasteiger partial charge in [0.2, 0.25) is 5.91 Å². The molecule has 2 aromatic carbocycles. The van der Waals surface area contributed by atoms with Crippen LogP contribution in [0.5, 0.6) is 0 Å². The normalized spacial score (nSPS) is 19.9. The summed E-state index contributed by atoms with van der Waals surface area (Å²) in [5.41, 5.74) is 2.52. The van der Waals surface area contributed by atoms with Crippen LogP contribution in [0.15, 0.2) is 54.6 Å². The number of nitriles is 1. The van der Waals surface area contributed by atoms with Crippen molar-refractivity contribution in [2.75, 3.05) is 25.0 Å². The second kappa shape index (κ2) is 7.82. The first-order chi connectivity index (χ1) is 12.2. The molecule has 0 aromatic heterocycles. The highest BCUT2D eigenvalue weighted by molar-refractivity contribution is 5.81. The molecule has 25 heavy (non-hydrogen) atoms. The van der Waals surface area contributed by atoms with E-state index in [2.05, 4.69) is 11.4 Å². The van der Waals surface area contributed by atoms with Gasteiger partial charge in [0.05, 0.1) is 30.8 Å². The third kappa shape index (κ3) is 4.37. The fourth-order valence-electron chi connectivity index (χ4n) is 2.96. The van der Waals surface area contributed by atoms with Crippen molar-refractivity contribution in [2.45, 2.75) is 19.1 Å². The number of hydrogen-bond acceptors (Lipinski definition) is 4.